The lowest BCUT2D eigenvalue weighted by atomic mass is 10.2. The van der Waals surface area contributed by atoms with Gasteiger partial charge in [0.15, 0.2) is 5.82 Å². The molecule has 6 heteroatoms. The van der Waals surface area contributed by atoms with Gasteiger partial charge in [-0.25, -0.2) is 14.5 Å². The molecular formula is C18H16ClN3O2. The Morgan fingerprint density at radius 3 is 2.62 bits per heavy atom. The molecule has 0 bridgehead atoms. The van der Waals surface area contributed by atoms with Crippen LogP contribution in [0.25, 0.3) is 5.82 Å². The summed E-state index contributed by atoms with van der Waals surface area (Å²) in [6.07, 6.45) is 1.49. The summed E-state index contributed by atoms with van der Waals surface area (Å²) in [6.45, 7) is 4.00. The van der Waals surface area contributed by atoms with E-state index in [0.29, 0.717) is 16.4 Å². The average Bonchev–Trinajstić information content (AvgIpc) is 2.92. The molecule has 0 aliphatic carbocycles. The van der Waals surface area contributed by atoms with E-state index >= 15 is 0 Å². The predicted octanol–water partition coefficient (Wildman–Crippen LogP) is 3.89. The maximum Gasteiger partial charge on any atom is 0.340 e. The number of esters is 1. The lowest BCUT2D eigenvalue weighted by Crippen LogP contribution is -2.08. The van der Waals surface area contributed by atoms with Crippen molar-refractivity contribution < 1.29 is 9.53 Å². The van der Waals surface area contributed by atoms with Crippen molar-refractivity contribution in [3.05, 3.63) is 76.2 Å². The first kappa shape index (κ1) is 16.2. The van der Waals surface area contributed by atoms with Crippen LogP contribution in [0.2, 0.25) is 5.02 Å². The molecule has 3 aromatic rings. The van der Waals surface area contributed by atoms with Crippen LogP contribution in [0.3, 0.4) is 0 Å². The third kappa shape index (κ3) is 3.46. The first-order valence-corrected chi connectivity index (χ1v) is 7.82. The number of benzene rings is 1. The summed E-state index contributed by atoms with van der Waals surface area (Å²) in [5.41, 5.74) is 3.04. The van der Waals surface area contributed by atoms with Gasteiger partial charge in [-0.2, -0.15) is 5.10 Å². The van der Waals surface area contributed by atoms with Crippen LogP contribution in [0.4, 0.5) is 0 Å². The molecule has 2 heterocycles. The minimum atomic E-state index is -0.442. The number of aryl methyl sites for hydroxylation is 2. The Morgan fingerprint density at radius 1 is 1.21 bits per heavy atom. The predicted molar refractivity (Wildman–Crippen MR) is 91.4 cm³/mol. The van der Waals surface area contributed by atoms with Gasteiger partial charge in [0.1, 0.15) is 6.61 Å². The number of hydrogen-bond acceptors (Lipinski definition) is 4. The van der Waals surface area contributed by atoms with Gasteiger partial charge in [-0.15, -0.1) is 0 Å². The van der Waals surface area contributed by atoms with Crippen LogP contribution in [0.15, 0.2) is 48.7 Å². The third-order valence-corrected chi connectivity index (χ3v) is 3.90. The van der Waals surface area contributed by atoms with Crippen LogP contribution in [0.5, 0.6) is 0 Å². The van der Waals surface area contributed by atoms with Crippen LogP contribution in [0, 0.1) is 13.8 Å². The van der Waals surface area contributed by atoms with Crippen LogP contribution in [-0.4, -0.2) is 20.7 Å². The number of carbonyl (C=O) groups is 1. The minimum Gasteiger partial charge on any atom is -0.457 e. The molecule has 5 nitrogen and oxygen atoms in total. The zero-order chi connectivity index (χ0) is 17.1. The summed E-state index contributed by atoms with van der Waals surface area (Å²) >= 11 is 6.05. The van der Waals surface area contributed by atoms with E-state index < -0.39 is 5.97 Å². The zero-order valence-corrected chi connectivity index (χ0v) is 14.1. The Balaban J connectivity index is 1.70. The number of carbonyl (C=O) groups excluding carboxylic acids is 1. The highest BCUT2D eigenvalue weighted by molar-refractivity contribution is 6.31. The molecule has 0 fully saturated rings. The van der Waals surface area contributed by atoms with Crippen molar-refractivity contribution in [2.24, 2.45) is 0 Å². The fourth-order valence-electron chi connectivity index (χ4n) is 2.34. The number of pyridine rings is 1. The standard InChI is InChI=1S/C18H16ClN3O2/c1-12-9-13(2)22(21-12)17-8-7-14(10-20-17)18(23)24-11-15-5-3-4-6-16(15)19/h3-10H,11H2,1-2H3. The fourth-order valence-corrected chi connectivity index (χ4v) is 2.53. The largest absolute Gasteiger partial charge is 0.457 e. The lowest BCUT2D eigenvalue weighted by molar-refractivity contribution is 0.0472. The van der Waals surface area contributed by atoms with Crippen molar-refractivity contribution in [1.82, 2.24) is 14.8 Å². The van der Waals surface area contributed by atoms with Gasteiger partial charge >= 0.3 is 5.97 Å². The highest BCUT2D eigenvalue weighted by Gasteiger charge is 2.11. The summed E-state index contributed by atoms with van der Waals surface area (Å²) in [7, 11) is 0. The first-order valence-electron chi connectivity index (χ1n) is 7.45. The molecule has 0 atom stereocenters. The topological polar surface area (TPSA) is 57.0 Å². The van der Waals surface area contributed by atoms with E-state index in [1.807, 2.05) is 38.1 Å². The first-order chi connectivity index (χ1) is 11.5. The highest BCUT2D eigenvalue weighted by atomic mass is 35.5. The van der Waals surface area contributed by atoms with Gasteiger partial charge < -0.3 is 4.74 Å². The van der Waals surface area contributed by atoms with Crippen molar-refractivity contribution in [3.8, 4) is 5.82 Å². The van der Waals surface area contributed by atoms with Crippen LogP contribution >= 0.6 is 11.6 Å². The molecule has 0 amide bonds. The molecule has 0 saturated heterocycles. The van der Waals surface area contributed by atoms with E-state index in [2.05, 4.69) is 10.1 Å². The summed E-state index contributed by atoms with van der Waals surface area (Å²) in [4.78, 5) is 16.4. The molecule has 0 spiro atoms. The molecule has 0 aliphatic rings. The van der Waals surface area contributed by atoms with E-state index in [4.69, 9.17) is 16.3 Å². The Labute approximate surface area is 144 Å². The summed E-state index contributed by atoms with van der Waals surface area (Å²) < 4.78 is 7.01. The van der Waals surface area contributed by atoms with E-state index in [1.165, 1.54) is 6.20 Å². The fraction of sp³-hybridized carbons (Fsp3) is 0.167. The van der Waals surface area contributed by atoms with Crippen LogP contribution in [0.1, 0.15) is 27.3 Å². The SMILES string of the molecule is Cc1cc(C)n(-c2ccc(C(=O)OCc3ccccc3Cl)cn2)n1. The summed E-state index contributed by atoms with van der Waals surface area (Å²) in [5.74, 6) is 0.214. The molecule has 2 aromatic heterocycles. The zero-order valence-electron chi connectivity index (χ0n) is 13.4. The summed E-state index contributed by atoms with van der Waals surface area (Å²) in [6, 6.07) is 12.6. The van der Waals surface area contributed by atoms with Crippen molar-refractivity contribution in [2.75, 3.05) is 0 Å². The average molecular weight is 342 g/mol. The van der Waals surface area contributed by atoms with Crippen LogP contribution in [-0.2, 0) is 11.3 Å². The quantitative estimate of drug-likeness (QED) is 0.675. The normalized spacial score (nSPS) is 10.6. The molecular weight excluding hydrogens is 326 g/mol. The minimum absolute atomic E-state index is 0.123. The van der Waals surface area contributed by atoms with Crippen LogP contribution < -0.4 is 0 Å². The second-order valence-electron chi connectivity index (χ2n) is 5.41. The molecule has 0 aliphatic heterocycles. The number of aromatic nitrogens is 3. The van der Waals surface area contributed by atoms with Crippen molar-refractivity contribution in [3.63, 3.8) is 0 Å². The van der Waals surface area contributed by atoms with E-state index in [0.717, 1.165) is 17.0 Å². The highest BCUT2D eigenvalue weighted by Crippen LogP contribution is 2.17. The van der Waals surface area contributed by atoms with E-state index in [9.17, 15) is 4.79 Å². The lowest BCUT2D eigenvalue weighted by Gasteiger charge is -2.07. The Morgan fingerprint density at radius 2 is 2.00 bits per heavy atom. The van der Waals surface area contributed by atoms with E-state index in [1.54, 1.807) is 22.9 Å². The molecule has 0 saturated carbocycles. The molecule has 1 aromatic carbocycles. The second-order valence-corrected chi connectivity index (χ2v) is 5.82. The third-order valence-electron chi connectivity index (χ3n) is 3.53. The molecule has 122 valence electrons. The maximum absolute atomic E-state index is 12.1. The van der Waals surface area contributed by atoms with Gasteiger partial charge in [0, 0.05) is 22.5 Å². The van der Waals surface area contributed by atoms with Crippen molar-refractivity contribution >= 4 is 17.6 Å². The maximum atomic E-state index is 12.1. The Kier molecular flexibility index (Phi) is 4.62. The molecule has 24 heavy (non-hydrogen) atoms. The molecule has 0 unspecified atom stereocenters. The number of hydrogen-bond donors (Lipinski definition) is 0. The number of rotatable bonds is 4. The van der Waals surface area contributed by atoms with E-state index in [-0.39, 0.29) is 6.61 Å². The Bertz CT molecular complexity index is 872. The van der Waals surface area contributed by atoms with Gasteiger partial charge in [-0.1, -0.05) is 29.8 Å². The van der Waals surface area contributed by atoms with Gasteiger partial charge in [-0.05, 0) is 38.1 Å². The summed E-state index contributed by atoms with van der Waals surface area (Å²) in [5, 5.41) is 4.94. The Hall–Kier alpha value is -2.66. The number of halogens is 1. The van der Waals surface area contributed by atoms with Gasteiger partial charge in [0.05, 0.1) is 11.3 Å². The molecule has 3 rings (SSSR count). The second kappa shape index (κ2) is 6.84. The van der Waals surface area contributed by atoms with Crippen molar-refractivity contribution in [1.29, 1.82) is 0 Å². The number of nitrogens with zero attached hydrogens (tertiary/aromatic N) is 3. The van der Waals surface area contributed by atoms with Gasteiger partial charge in [0.2, 0.25) is 0 Å². The van der Waals surface area contributed by atoms with Gasteiger partial charge in [-0.3, -0.25) is 0 Å². The van der Waals surface area contributed by atoms with Crippen molar-refractivity contribution in [2.45, 2.75) is 20.5 Å². The monoisotopic (exact) mass is 341 g/mol. The molecule has 0 radical (unpaired) electrons. The number of ether oxygens (including phenoxy) is 1. The van der Waals surface area contributed by atoms with Gasteiger partial charge in [0.25, 0.3) is 0 Å². The smallest absolute Gasteiger partial charge is 0.340 e. The molecule has 0 N–H and O–H groups in total.